The maximum atomic E-state index is 13.1. The summed E-state index contributed by atoms with van der Waals surface area (Å²) in [5.74, 6) is 0.0994. The van der Waals surface area contributed by atoms with E-state index < -0.39 is 29.3 Å². The highest BCUT2D eigenvalue weighted by atomic mass is 16.5. The topological polar surface area (TPSA) is 127 Å². The van der Waals surface area contributed by atoms with Crippen LogP contribution in [0.25, 0.3) is 0 Å². The lowest BCUT2D eigenvalue weighted by Gasteiger charge is -2.63. The molecule has 0 bridgehead atoms. The molecule has 0 aromatic carbocycles. The van der Waals surface area contributed by atoms with Crippen molar-refractivity contribution >= 4 is 5.97 Å². The van der Waals surface area contributed by atoms with Crippen molar-refractivity contribution in [3.8, 4) is 0 Å². The van der Waals surface area contributed by atoms with E-state index in [-0.39, 0.29) is 64.3 Å². The van der Waals surface area contributed by atoms with E-state index in [4.69, 9.17) is 4.74 Å². The zero-order valence-corrected chi connectivity index (χ0v) is 25.2. The largest absolute Gasteiger partial charge is 0.469 e. The van der Waals surface area contributed by atoms with Crippen LogP contribution >= 0.6 is 0 Å². The number of hydrogen-bond donors (Lipinski definition) is 5. The maximum Gasteiger partial charge on any atom is 0.314 e. The van der Waals surface area contributed by atoms with Gasteiger partial charge in [-0.05, 0) is 104 Å². The summed E-state index contributed by atoms with van der Waals surface area (Å²) in [5, 5.41) is 55.2. The second-order valence-electron chi connectivity index (χ2n) is 15.7. The van der Waals surface area contributed by atoms with Gasteiger partial charge in [0, 0.05) is 11.8 Å². The van der Waals surface area contributed by atoms with Crippen molar-refractivity contribution in [2.45, 2.75) is 123 Å². The van der Waals surface area contributed by atoms with Crippen LogP contribution in [0.15, 0.2) is 0 Å². The van der Waals surface area contributed by atoms with Crippen LogP contribution in [0.1, 0.15) is 99.3 Å². The highest BCUT2D eigenvalue weighted by Crippen LogP contribution is 2.89. The minimum absolute atomic E-state index is 0.0454. The zero-order valence-electron chi connectivity index (χ0n) is 25.2. The van der Waals surface area contributed by atoms with Crippen molar-refractivity contribution in [2.75, 3.05) is 13.7 Å². The molecule has 5 N–H and O–H groups in total. The molecular weight excluding hydrogens is 496 g/mol. The molecule has 0 aromatic heterocycles. The van der Waals surface area contributed by atoms with Gasteiger partial charge >= 0.3 is 5.97 Å². The number of ether oxygens (including phenoxy) is 1. The van der Waals surface area contributed by atoms with Crippen LogP contribution in [-0.2, 0) is 9.53 Å². The lowest BCUT2D eigenvalue weighted by molar-refractivity contribution is -0.212. The molecule has 7 heteroatoms. The maximum absolute atomic E-state index is 13.1. The number of esters is 1. The Kier molecular flexibility index (Phi) is 6.97. The molecule has 1 unspecified atom stereocenters. The Labute approximate surface area is 234 Å². The molecule has 13 atom stereocenters. The van der Waals surface area contributed by atoms with E-state index in [1.54, 1.807) is 0 Å². The van der Waals surface area contributed by atoms with Gasteiger partial charge in [0.25, 0.3) is 0 Å². The summed E-state index contributed by atoms with van der Waals surface area (Å²) in [6, 6.07) is 0. The second kappa shape index (κ2) is 9.13. The van der Waals surface area contributed by atoms with Crippen LogP contribution in [0.3, 0.4) is 0 Å². The van der Waals surface area contributed by atoms with Gasteiger partial charge in [0.15, 0.2) is 0 Å². The summed E-state index contributed by atoms with van der Waals surface area (Å²) in [6.45, 7) is 12.4. The molecule has 224 valence electrons. The summed E-state index contributed by atoms with van der Waals surface area (Å²) in [7, 11) is 1.39. The Hall–Kier alpha value is -0.730. The van der Waals surface area contributed by atoms with Crippen LogP contribution in [0.2, 0.25) is 0 Å². The van der Waals surface area contributed by atoms with Gasteiger partial charge in [-0.25, -0.2) is 0 Å². The molecule has 5 fully saturated rings. The molecule has 0 radical (unpaired) electrons. The Morgan fingerprint density at radius 1 is 1.00 bits per heavy atom. The third-order valence-electron chi connectivity index (χ3n) is 14.5. The number of methoxy groups -OCH3 is 1. The summed E-state index contributed by atoms with van der Waals surface area (Å²) in [4.78, 5) is 13.1. The SMILES string of the molecule is COC(=O)[C@]1(C)[C@@H](O)C[C@H](O)[C@]23C[C@]24CC[C@]2(C)[C@@H]([C@H](C)CCC(O)(CO)C(C)C)[C@@H](O)C[C@@]2(C)[C@@H]4CC[C@@H]13. The van der Waals surface area contributed by atoms with Crippen molar-refractivity contribution < 1.29 is 35.1 Å². The summed E-state index contributed by atoms with van der Waals surface area (Å²) in [5.41, 5.74) is -2.78. The summed E-state index contributed by atoms with van der Waals surface area (Å²) in [6.07, 6.45) is 4.70. The average Bonchev–Trinajstić information content (AvgIpc) is 3.52. The van der Waals surface area contributed by atoms with Crippen molar-refractivity contribution in [3.05, 3.63) is 0 Å². The lowest BCUT2D eigenvalue weighted by atomic mass is 9.41. The fraction of sp³-hybridized carbons (Fsp3) is 0.969. The van der Waals surface area contributed by atoms with Crippen LogP contribution in [-0.4, -0.2) is 69.1 Å². The Balaban J connectivity index is 1.45. The van der Waals surface area contributed by atoms with E-state index in [1.807, 2.05) is 20.8 Å². The van der Waals surface area contributed by atoms with Gasteiger partial charge in [-0.2, -0.15) is 0 Å². The second-order valence-corrected chi connectivity index (χ2v) is 15.7. The van der Waals surface area contributed by atoms with Gasteiger partial charge in [-0.15, -0.1) is 0 Å². The predicted molar refractivity (Wildman–Crippen MR) is 147 cm³/mol. The van der Waals surface area contributed by atoms with Gasteiger partial charge in [-0.1, -0.05) is 34.6 Å². The molecular formula is C32H54O7. The Bertz CT molecular complexity index is 986. The monoisotopic (exact) mass is 550 g/mol. The molecule has 39 heavy (non-hydrogen) atoms. The predicted octanol–water partition coefficient (Wildman–Crippen LogP) is 3.68. The fourth-order valence-electron chi connectivity index (χ4n) is 11.9. The van der Waals surface area contributed by atoms with Gasteiger partial charge in [0.05, 0.1) is 43.0 Å². The van der Waals surface area contributed by atoms with Gasteiger partial charge in [-0.3, -0.25) is 4.79 Å². The van der Waals surface area contributed by atoms with Crippen molar-refractivity contribution in [3.63, 3.8) is 0 Å². The van der Waals surface area contributed by atoms with E-state index in [0.717, 1.165) is 44.9 Å². The van der Waals surface area contributed by atoms with E-state index in [0.29, 0.717) is 12.3 Å². The number of fused-ring (bicyclic) bond motifs is 2. The van der Waals surface area contributed by atoms with Crippen LogP contribution in [0, 0.1) is 56.7 Å². The van der Waals surface area contributed by atoms with Gasteiger partial charge < -0.3 is 30.3 Å². The number of hydrogen-bond acceptors (Lipinski definition) is 7. The molecule has 7 nitrogen and oxygen atoms in total. The minimum Gasteiger partial charge on any atom is -0.469 e. The van der Waals surface area contributed by atoms with Crippen LogP contribution < -0.4 is 0 Å². The van der Waals surface area contributed by atoms with Crippen molar-refractivity contribution in [1.82, 2.24) is 0 Å². The first-order valence-electron chi connectivity index (χ1n) is 15.5. The summed E-state index contributed by atoms with van der Waals surface area (Å²) >= 11 is 0. The first-order valence-corrected chi connectivity index (χ1v) is 15.5. The number of aliphatic hydroxyl groups excluding tert-OH is 4. The number of carbonyl (C=O) groups excluding carboxylic acids is 1. The highest BCUT2D eigenvalue weighted by molar-refractivity contribution is 5.78. The van der Waals surface area contributed by atoms with E-state index in [1.165, 1.54) is 7.11 Å². The zero-order chi connectivity index (χ0) is 29.0. The van der Waals surface area contributed by atoms with Crippen LogP contribution in [0.4, 0.5) is 0 Å². The van der Waals surface area contributed by atoms with E-state index in [9.17, 15) is 30.3 Å². The van der Waals surface area contributed by atoms with Gasteiger partial charge in [0.2, 0.25) is 0 Å². The molecule has 0 heterocycles. The van der Waals surface area contributed by atoms with Crippen LogP contribution in [0.5, 0.6) is 0 Å². The fourth-order valence-corrected chi connectivity index (χ4v) is 11.9. The first kappa shape index (κ1) is 29.8. The first-order chi connectivity index (χ1) is 18.1. The molecule has 5 aliphatic carbocycles. The summed E-state index contributed by atoms with van der Waals surface area (Å²) < 4.78 is 5.23. The van der Waals surface area contributed by atoms with Gasteiger partial charge in [0.1, 0.15) is 0 Å². The number of carbonyl (C=O) groups is 1. The van der Waals surface area contributed by atoms with Crippen molar-refractivity contribution in [1.29, 1.82) is 0 Å². The standard InChI is InChI=1S/C32H54O7/c1-18(2)31(38,17-33)11-10-19(3)25-20(34)15-28(5)21-8-9-22-29(6,26(37)39-7)23(35)14-24(36)32(22)16-30(21,32)13-12-27(25,28)4/h18-25,33-36,38H,8-17H2,1-7H3/t19-,20+,21+,22+,23+,24+,25+,27-,28+,29+,30+,31?,32-/m1/s1. The Morgan fingerprint density at radius 3 is 2.23 bits per heavy atom. The smallest absolute Gasteiger partial charge is 0.314 e. The minimum atomic E-state index is -1.11. The third kappa shape index (κ3) is 3.49. The molecule has 5 aliphatic rings. The van der Waals surface area contributed by atoms with E-state index >= 15 is 0 Å². The molecule has 0 saturated heterocycles. The van der Waals surface area contributed by atoms with E-state index in [2.05, 4.69) is 20.8 Å². The normalized spacial score (nSPS) is 52.6. The lowest BCUT2D eigenvalue weighted by Crippen LogP contribution is -2.63. The molecule has 0 amide bonds. The number of rotatable bonds is 7. The highest BCUT2D eigenvalue weighted by Gasteiger charge is 2.86. The molecule has 2 spiro atoms. The van der Waals surface area contributed by atoms with Crippen molar-refractivity contribution in [2.24, 2.45) is 56.7 Å². The molecule has 0 aromatic rings. The molecule has 5 saturated carbocycles. The average molecular weight is 551 g/mol. The molecule has 5 rings (SSSR count). The third-order valence-corrected chi connectivity index (χ3v) is 14.5. The number of aliphatic hydroxyl groups is 5. The Morgan fingerprint density at radius 2 is 1.64 bits per heavy atom. The quantitative estimate of drug-likeness (QED) is 0.306. The molecule has 0 aliphatic heterocycles.